The molecule has 112 valence electrons. The molecule has 1 N–H and O–H groups in total. The van der Waals surface area contributed by atoms with Crippen molar-refractivity contribution in [2.24, 2.45) is 7.05 Å². The first kappa shape index (κ1) is 14.6. The molecule has 0 radical (unpaired) electrons. The van der Waals surface area contributed by atoms with Gasteiger partial charge in [0.25, 0.3) is 0 Å². The van der Waals surface area contributed by atoms with Gasteiger partial charge in [-0.3, -0.25) is 4.68 Å². The maximum absolute atomic E-state index is 10.3. The number of hydrogen-bond donors (Lipinski definition) is 1. The molecule has 0 amide bonds. The van der Waals surface area contributed by atoms with Gasteiger partial charge in [-0.2, -0.15) is 5.10 Å². The molecule has 1 unspecified atom stereocenters. The maximum Gasteiger partial charge on any atom is 0.0810 e. The van der Waals surface area contributed by atoms with E-state index in [1.807, 2.05) is 36.9 Å². The Labute approximate surface area is 133 Å². The van der Waals surface area contributed by atoms with Gasteiger partial charge in [-0.1, -0.05) is 18.2 Å². The number of aliphatic hydroxyl groups excluding tert-OH is 1. The van der Waals surface area contributed by atoms with Crippen molar-refractivity contribution >= 4 is 21.6 Å². The van der Waals surface area contributed by atoms with Crippen molar-refractivity contribution in [1.29, 1.82) is 0 Å². The second-order valence-electron chi connectivity index (χ2n) is 5.61. The summed E-state index contributed by atoms with van der Waals surface area (Å²) in [5.74, 6) is 0. The van der Waals surface area contributed by atoms with Gasteiger partial charge in [0, 0.05) is 24.8 Å². The number of aryl methyl sites for hydroxylation is 2. The summed E-state index contributed by atoms with van der Waals surface area (Å²) in [6.07, 6.45) is 1.45. The molecule has 0 spiro atoms. The molecule has 1 aromatic carbocycles. The zero-order valence-electron chi connectivity index (χ0n) is 12.4. The monoisotopic (exact) mass is 349 g/mol. The van der Waals surface area contributed by atoms with Crippen molar-refractivity contribution in [2.45, 2.75) is 32.4 Å². The summed E-state index contributed by atoms with van der Waals surface area (Å²) in [5.41, 5.74) is 4.34. The first-order valence-corrected chi connectivity index (χ1v) is 8.07. The van der Waals surface area contributed by atoms with Crippen molar-refractivity contribution in [3.63, 3.8) is 0 Å². The van der Waals surface area contributed by atoms with Crippen molar-refractivity contribution in [1.82, 2.24) is 9.78 Å². The Bertz CT molecular complexity index is 653. The topological polar surface area (TPSA) is 41.3 Å². The molecule has 4 nitrogen and oxygen atoms in total. The number of benzene rings is 1. The Morgan fingerprint density at radius 2 is 2.14 bits per heavy atom. The summed E-state index contributed by atoms with van der Waals surface area (Å²) in [4.78, 5) is 2.34. The van der Waals surface area contributed by atoms with Gasteiger partial charge in [0.15, 0.2) is 0 Å². The van der Waals surface area contributed by atoms with Gasteiger partial charge in [0.05, 0.1) is 28.5 Å². The number of para-hydroxylation sites is 1. The highest BCUT2D eigenvalue weighted by Gasteiger charge is 2.23. The predicted octanol–water partition coefficient (Wildman–Crippen LogP) is 3.32. The number of anilines is 1. The molecule has 1 aromatic heterocycles. The van der Waals surface area contributed by atoms with Crippen LogP contribution in [-0.2, 0) is 13.6 Å². The third-order valence-electron chi connectivity index (χ3n) is 4.14. The zero-order chi connectivity index (χ0) is 15.0. The Kier molecular flexibility index (Phi) is 4.04. The average molecular weight is 350 g/mol. The second kappa shape index (κ2) is 5.81. The molecule has 0 saturated carbocycles. The summed E-state index contributed by atoms with van der Waals surface area (Å²) in [6, 6.07) is 8.16. The van der Waals surface area contributed by atoms with E-state index in [4.69, 9.17) is 0 Å². The molecule has 0 bridgehead atoms. The Hall–Kier alpha value is -1.33. The number of aliphatic hydroxyl groups is 1. The Balaban J connectivity index is 1.97. The molecule has 1 aliphatic rings. The molecule has 21 heavy (non-hydrogen) atoms. The minimum absolute atomic E-state index is 0.358. The van der Waals surface area contributed by atoms with E-state index in [1.54, 1.807) is 0 Å². The highest BCUT2D eigenvalue weighted by Crippen LogP contribution is 2.34. The maximum atomic E-state index is 10.3. The van der Waals surface area contributed by atoms with Gasteiger partial charge in [-0.25, -0.2) is 0 Å². The van der Waals surface area contributed by atoms with E-state index >= 15 is 0 Å². The van der Waals surface area contributed by atoms with Crippen molar-refractivity contribution < 1.29 is 5.11 Å². The van der Waals surface area contributed by atoms with Crippen LogP contribution in [-0.4, -0.2) is 21.4 Å². The highest BCUT2D eigenvalue weighted by molar-refractivity contribution is 9.10. The van der Waals surface area contributed by atoms with Gasteiger partial charge in [0.1, 0.15) is 0 Å². The molecular formula is C16H20BrN3O. The lowest BCUT2D eigenvalue weighted by Crippen LogP contribution is -2.25. The largest absolute Gasteiger partial charge is 0.388 e. The number of aromatic nitrogens is 2. The average Bonchev–Trinajstić information content (AvgIpc) is 2.63. The standard InChI is InChI=1S/C16H20BrN3O/c1-11-16(17)14(19(2)18-11)10-20-9-5-8-15(21)12-6-3-4-7-13(12)20/h3-4,6-7,15,21H,5,8-10H2,1-2H3. The third kappa shape index (κ3) is 2.72. The number of nitrogens with zero attached hydrogens (tertiary/aromatic N) is 3. The van der Waals surface area contributed by atoms with Crippen LogP contribution >= 0.6 is 15.9 Å². The summed E-state index contributed by atoms with van der Waals surface area (Å²) in [7, 11) is 1.98. The van der Waals surface area contributed by atoms with Crippen LogP contribution in [0.1, 0.15) is 35.9 Å². The van der Waals surface area contributed by atoms with Gasteiger partial charge in [-0.05, 0) is 41.8 Å². The van der Waals surface area contributed by atoms with E-state index in [0.717, 1.165) is 47.3 Å². The SMILES string of the molecule is Cc1nn(C)c(CN2CCCC(O)c3ccccc32)c1Br. The molecule has 2 heterocycles. The summed E-state index contributed by atoms with van der Waals surface area (Å²) >= 11 is 3.64. The lowest BCUT2D eigenvalue weighted by atomic mass is 10.0. The minimum atomic E-state index is -0.358. The number of fused-ring (bicyclic) bond motifs is 1. The van der Waals surface area contributed by atoms with Gasteiger partial charge < -0.3 is 10.0 Å². The van der Waals surface area contributed by atoms with E-state index in [1.165, 1.54) is 5.69 Å². The summed E-state index contributed by atoms with van der Waals surface area (Å²) in [6.45, 7) is 3.75. The molecule has 1 aliphatic heterocycles. The minimum Gasteiger partial charge on any atom is -0.388 e. The van der Waals surface area contributed by atoms with E-state index in [2.05, 4.69) is 32.0 Å². The van der Waals surface area contributed by atoms with E-state index in [9.17, 15) is 5.11 Å². The Morgan fingerprint density at radius 1 is 1.38 bits per heavy atom. The van der Waals surface area contributed by atoms with E-state index in [0.29, 0.717) is 0 Å². The van der Waals surface area contributed by atoms with Crippen LogP contribution in [0.25, 0.3) is 0 Å². The van der Waals surface area contributed by atoms with Gasteiger partial charge in [-0.15, -0.1) is 0 Å². The van der Waals surface area contributed by atoms with Gasteiger partial charge >= 0.3 is 0 Å². The van der Waals surface area contributed by atoms with Crippen LogP contribution in [0.3, 0.4) is 0 Å². The second-order valence-corrected chi connectivity index (χ2v) is 6.40. The fourth-order valence-electron chi connectivity index (χ4n) is 3.01. The molecule has 1 atom stereocenters. The first-order valence-electron chi connectivity index (χ1n) is 7.28. The predicted molar refractivity (Wildman–Crippen MR) is 87.3 cm³/mol. The smallest absolute Gasteiger partial charge is 0.0810 e. The quantitative estimate of drug-likeness (QED) is 0.903. The molecule has 5 heteroatoms. The molecule has 3 rings (SSSR count). The zero-order valence-corrected chi connectivity index (χ0v) is 14.0. The molecule has 0 saturated heterocycles. The van der Waals surface area contributed by atoms with Crippen LogP contribution in [0.4, 0.5) is 5.69 Å². The Morgan fingerprint density at radius 3 is 2.86 bits per heavy atom. The van der Waals surface area contributed by atoms with Crippen LogP contribution in [0.5, 0.6) is 0 Å². The number of rotatable bonds is 2. The first-order chi connectivity index (χ1) is 10.1. The van der Waals surface area contributed by atoms with Crippen molar-refractivity contribution in [3.8, 4) is 0 Å². The van der Waals surface area contributed by atoms with E-state index < -0.39 is 0 Å². The van der Waals surface area contributed by atoms with Crippen LogP contribution in [0, 0.1) is 6.92 Å². The summed E-state index contributed by atoms with van der Waals surface area (Å²) in [5, 5.41) is 14.7. The highest BCUT2D eigenvalue weighted by atomic mass is 79.9. The number of halogens is 1. The van der Waals surface area contributed by atoms with Crippen LogP contribution < -0.4 is 4.90 Å². The van der Waals surface area contributed by atoms with Crippen molar-refractivity contribution in [3.05, 3.63) is 45.7 Å². The lowest BCUT2D eigenvalue weighted by molar-refractivity contribution is 0.168. The molecular weight excluding hydrogens is 330 g/mol. The molecule has 0 fully saturated rings. The molecule has 0 aliphatic carbocycles. The normalized spacial score (nSPS) is 18.5. The van der Waals surface area contributed by atoms with E-state index in [-0.39, 0.29) is 6.10 Å². The van der Waals surface area contributed by atoms with Crippen LogP contribution in [0.2, 0.25) is 0 Å². The fourth-order valence-corrected chi connectivity index (χ4v) is 3.47. The number of hydrogen-bond acceptors (Lipinski definition) is 3. The third-order valence-corrected chi connectivity index (χ3v) is 5.18. The van der Waals surface area contributed by atoms with Crippen LogP contribution in [0.15, 0.2) is 28.7 Å². The van der Waals surface area contributed by atoms with Gasteiger partial charge in [0.2, 0.25) is 0 Å². The molecule has 2 aromatic rings. The lowest BCUT2D eigenvalue weighted by Gasteiger charge is -2.25. The van der Waals surface area contributed by atoms with Crippen molar-refractivity contribution in [2.75, 3.05) is 11.4 Å². The summed E-state index contributed by atoms with van der Waals surface area (Å²) < 4.78 is 3.01. The fraction of sp³-hybridized carbons (Fsp3) is 0.438.